The van der Waals surface area contributed by atoms with E-state index < -0.39 is 0 Å². The molecule has 1 aliphatic rings. The lowest BCUT2D eigenvalue weighted by molar-refractivity contribution is 0.117. The number of allylic oxidation sites excluding steroid dienone is 16. The summed E-state index contributed by atoms with van der Waals surface area (Å²) in [5, 5.41) is 19.0. The summed E-state index contributed by atoms with van der Waals surface area (Å²) in [5.74, 6) is 0.353. The zero-order valence-corrected chi connectivity index (χ0v) is 21.0. The van der Waals surface area contributed by atoms with Crippen molar-refractivity contribution in [2.24, 2.45) is 11.3 Å². The molecule has 0 aliphatic heterocycles. The molecular weight excluding hydrogens is 392 g/mol. The van der Waals surface area contributed by atoms with Crippen molar-refractivity contribution in [2.75, 3.05) is 6.61 Å². The molecule has 2 heteroatoms. The summed E-state index contributed by atoms with van der Waals surface area (Å²) in [4.78, 5) is 0. The monoisotopic (exact) mass is 434 g/mol. The van der Waals surface area contributed by atoms with Gasteiger partial charge in [-0.05, 0) is 52.0 Å². The third-order valence-electron chi connectivity index (χ3n) is 5.61. The van der Waals surface area contributed by atoms with Gasteiger partial charge in [-0.3, -0.25) is 0 Å². The van der Waals surface area contributed by atoms with Gasteiger partial charge in [0, 0.05) is 5.92 Å². The summed E-state index contributed by atoms with van der Waals surface area (Å²) in [6.07, 6.45) is 27.3. The van der Waals surface area contributed by atoms with Crippen LogP contribution in [0, 0.1) is 11.3 Å². The lowest BCUT2D eigenvalue weighted by Gasteiger charge is -2.38. The van der Waals surface area contributed by atoms with Gasteiger partial charge >= 0.3 is 0 Å². The average Bonchev–Trinajstić information content (AvgIpc) is 2.69. The van der Waals surface area contributed by atoms with Gasteiger partial charge in [-0.2, -0.15) is 0 Å². The van der Waals surface area contributed by atoms with E-state index in [4.69, 9.17) is 5.11 Å². The van der Waals surface area contributed by atoms with Crippen molar-refractivity contribution in [1.82, 2.24) is 0 Å². The van der Waals surface area contributed by atoms with E-state index in [2.05, 4.69) is 77.2 Å². The van der Waals surface area contributed by atoms with Crippen LogP contribution < -0.4 is 0 Å². The van der Waals surface area contributed by atoms with Crippen molar-refractivity contribution in [3.05, 3.63) is 107 Å². The van der Waals surface area contributed by atoms with Gasteiger partial charge in [0.1, 0.15) is 0 Å². The molecule has 0 heterocycles. The van der Waals surface area contributed by atoms with Gasteiger partial charge in [0.15, 0.2) is 0 Å². The minimum absolute atomic E-state index is 0.0637. The Hall–Kier alpha value is -2.42. The zero-order chi connectivity index (χ0) is 24.1. The second-order valence-corrected chi connectivity index (χ2v) is 9.51. The lowest BCUT2D eigenvalue weighted by atomic mass is 9.67. The van der Waals surface area contributed by atoms with Gasteiger partial charge in [0.25, 0.3) is 0 Å². The van der Waals surface area contributed by atoms with E-state index in [1.807, 2.05) is 50.3 Å². The van der Waals surface area contributed by atoms with Crippen LogP contribution in [0.1, 0.15) is 54.9 Å². The van der Waals surface area contributed by atoms with Gasteiger partial charge in [-0.15, -0.1) is 0 Å². The van der Waals surface area contributed by atoms with Crippen LogP contribution in [0.25, 0.3) is 0 Å². The molecule has 2 nitrogen and oxygen atoms in total. The highest BCUT2D eigenvalue weighted by Crippen LogP contribution is 2.41. The van der Waals surface area contributed by atoms with E-state index in [0.717, 1.165) is 17.6 Å². The van der Waals surface area contributed by atoms with Crippen LogP contribution in [0.15, 0.2) is 107 Å². The number of aliphatic hydroxyl groups is 2. The molecule has 0 spiro atoms. The molecule has 2 atom stereocenters. The summed E-state index contributed by atoms with van der Waals surface area (Å²) in [7, 11) is 0. The summed E-state index contributed by atoms with van der Waals surface area (Å²) >= 11 is 0. The van der Waals surface area contributed by atoms with Crippen molar-refractivity contribution in [1.29, 1.82) is 0 Å². The molecule has 32 heavy (non-hydrogen) atoms. The van der Waals surface area contributed by atoms with Crippen molar-refractivity contribution in [3.8, 4) is 0 Å². The maximum absolute atomic E-state index is 10.00. The normalized spacial score (nSPS) is 23.8. The molecule has 0 bridgehead atoms. The quantitative estimate of drug-likeness (QED) is 0.294. The van der Waals surface area contributed by atoms with E-state index in [-0.39, 0.29) is 18.1 Å². The Bertz CT molecular complexity index is 880. The number of aliphatic hydroxyl groups excluding tert-OH is 2. The second kappa shape index (κ2) is 13.9. The van der Waals surface area contributed by atoms with Crippen LogP contribution in [0.2, 0.25) is 0 Å². The first kappa shape index (κ1) is 27.6. The maximum Gasteiger partial charge on any atom is 0.0729 e. The van der Waals surface area contributed by atoms with Crippen molar-refractivity contribution < 1.29 is 10.2 Å². The maximum atomic E-state index is 10.00. The van der Waals surface area contributed by atoms with Crippen molar-refractivity contribution in [3.63, 3.8) is 0 Å². The van der Waals surface area contributed by atoms with Crippen LogP contribution in [0.4, 0.5) is 0 Å². The first-order valence-corrected chi connectivity index (χ1v) is 11.4. The Kier molecular flexibility index (Phi) is 12.0. The molecule has 0 radical (unpaired) electrons. The van der Waals surface area contributed by atoms with Crippen molar-refractivity contribution >= 4 is 0 Å². The lowest BCUT2D eigenvalue weighted by Crippen LogP contribution is -2.32. The molecule has 0 fully saturated rings. The first-order valence-electron chi connectivity index (χ1n) is 11.4. The van der Waals surface area contributed by atoms with Gasteiger partial charge in [0.2, 0.25) is 0 Å². The third-order valence-corrected chi connectivity index (χ3v) is 5.61. The molecule has 1 rings (SSSR count). The van der Waals surface area contributed by atoms with E-state index >= 15 is 0 Å². The Morgan fingerprint density at radius 3 is 1.91 bits per heavy atom. The smallest absolute Gasteiger partial charge is 0.0729 e. The predicted molar refractivity (Wildman–Crippen MR) is 140 cm³/mol. The van der Waals surface area contributed by atoms with E-state index in [9.17, 15) is 5.11 Å². The van der Waals surface area contributed by atoms with E-state index in [0.29, 0.717) is 5.92 Å². The molecule has 0 saturated heterocycles. The topological polar surface area (TPSA) is 40.5 Å². The molecule has 1 aliphatic carbocycles. The third kappa shape index (κ3) is 10.7. The fourth-order valence-corrected chi connectivity index (χ4v) is 3.76. The predicted octanol–water partition coefficient (Wildman–Crippen LogP) is 7.34. The molecular formula is C30H42O2. The average molecular weight is 435 g/mol. The molecule has 0 saturated carbocycles. The summed E-state index contributed by atoms with van der Waals surface area (Å²) in [6, 6.07) is 0. The standard InChI is InChI=1S/C30H42O2/c1-23(12-8-9-13-24(2)15-11-17-26(4)22-31)14-10-16-25(3)18-19-29-27(5)20-28(32)21-30(29,6)7/h8-20,28-29,31-32H,21-22H2,1-7H3/b9-8+,14-10+,15-11+,19-18+,23-12+,24-13+,25-16+,26-17+/t28-,29+/m1/s1. The summed E-state index contributed by atoms with van der Waals surface area (Å²) < 4.78 is 0. The highest BCUT2D eigenvalue weighted by atomic mass is 16.3. The number of hydrogen-bond acceptors (Lipinski definition) is 2. The molecule has 2 N–H and O–H groups in total. The Labute approximate surface area is 196 Å². The van der Waals surface area contributed by atoms with Gasteiger partial charge < -0.3 is 10.2 Å². The number of rotatable bonds is 9. The van der Waals surface area contributed by atoms with Gasteiger partial charge in [0.05, 0.1) is 12.7 Å². The van der Waals surface area contributed by atoms with Crippen LogP contribution in [-0.4, -0.2) is 22.9 Å². The zero-order valence-electron chi connectivity index (χ0n) is 21.0. The second-order valence-electron chi connectivity index (χ2n) is 9.51. The highest BCUT2D eigenvalue weighted by Gasteiger charge is 2.34. The highest BCUT2D eigenvalue weighted by molar-refractivity contribution is 5.32. The molecule has 0 unspecified atom stereocenters. The first-order chi connectivity index (χ1) is 15.0. The Balaban J connectivity index is 2.65. The SMILES string of the molecule is CC1=C[C@@H](O)CC(C)(C)[C@H]1/C=C/C(C)=C/C=C/C(C)=C/C=C/C=C(C)/C=C/C=C(\C)CO. The van der Waals surface area contributed by atoms with Crippen LogP contribution in [-0.2, 0) is 0 Å². The van der Waals surface area contributed by atoms with Crippen LogP contribution in [0.5, 0.6) is 0 Å². The minimum atomic E-state index is -0.327. The summed E-state index contributed by atoms with van der Waals surface area (Å²) in [5.41, 5.74) is 5.79. The Morgan fingerprint density at radius 1 is 0.875 bits per heavy atom. The largest absolute Gasteiger partial charge is 0.392 e. The summed E-state index contributed by atoms with van der Waals surface area (Å²) in [6.45, 7) is 14.8. The Morgan fingerprint density at radius 2 is 1.38 bits per heavy atom. The molecule has 0 aromatic rings. The molecule has 174 valence electrons. The van der Waals surface area contributed by atoms with E-state index in [1.165, 1.54) is 16.7 Å². The van der Waals surface area contributed by atoms with Gasteiger partial charge in [-0.1, -0.05) is 115 Å². The minimum Gasteiger partial charge on any atom is -0.392 e. The van der Waals surface area contributed by atoms with Gasteiger partial charge in [-0.25, -0.2) is 0 Å². The molecule has 0 aromatic carbocycles. The fraction of sp³-hybridized carbons (Fsp3) is 0.400. The molecule has 0 aromatic heterocycles. The fourth-order valence-electron chi connectivity index (χ4n) is 3.76. The van der Waals surface area contributed by atoms with Crippen LogP contribution >= 0.6 is 0 Å². The van der Waals surface area contributed by atoms with Crippen molar-refractivity contribution in [2.45, 2.75) is 61.0 Å². The number of hydrogen-bond donors (Lipinski definition) is 2. The van der Waals surface area contributed by atoms with Crippen LogP contribution in [0.3, 0.4) is 0 Å². The van der Waals surface area contributed by atoms with E-state index in [1.54, 1.807) is 0 Å². The molecule has 0 amide bonds.